The maximum Gasteiger partial charge on any atom is 0.173 e. The van der Waals surface area contributed by atoms with Crippen LogP contribution in [0, 0.1) is 0 Å². The van der Waals surface area contributed by atoms with Gasteiger partial charge in [-0.1, -0.05) is 24.3 Å². The van der Waals surface area contributed by atoms with Crippen LogP contribution in [0.15, 0.2) is 73.3 Å². The molecule has 2 aromatic heterocycles. The van der Waals surface area contributed by atoms with Crippen molar-refractivity contribution in [2.75, 3.05) is 13.2 Å². The summed E-state index contributed by atoms with van der Waals surface area (Å²) in [5.41, 5.74) is 5.09. The first-order valence-corrected chi connectivity index (χ1v) is 10.0. The van der Waals surface area contributed by atoms with E-state index in [9.17, 15) is 0 Å². The third-order valence-electron chi connectivity index (χ3n) is 4.92. The fraction of sp³-hybridized carbons (Fsp3) is 0.333. The molecule has 2 N–H and O–H groups in total. The smallest absolute Gasteiger partial charge is 0.173 e. The van der Waals surface area contributed by atoms with Gasteiger partial charge >= 0.3 is 0 Å². The third-order valence-corrected chi connectivity index (χ3v) is 4.92. The van der Waals surface area contributed by atoms with Gasteiger partial charge in [0.05, 0.1) is 0 Å². The zero-order valence-electron chi connectivity index (χ0n) is 17.1. The highest BCUT2D eigenvalue weighted by Gasteiger charge is 2.06. The van der Waals surface area contributed by atoms with Gasteiger partial charge in [-0.25, -0.2) is 9.13 Å². The van der Waals surface area contributed by atoms with Crippen molar-refractivity contribution < 1.29 is 53.3 Å². The number of aromatic nitrogens is 2. The number of pyridine rings is 2. The maximum absolute atomic E-state index is 8.92. The number of rotatable bonds is 10. The van der Waals surface area contributed by atoms with Crippen molar-refractivity contribution in [3.05, 3.63) is 95.6 Å². The zero-order valence-corrected chi connectivity index (χ0v) is 20.3. The predicted octanol–water partition coefficient (Wildman–Crippen LogP) is -3.78. The Morgan fingerprint density at radius 3 is 1.13 bits per heavy atom. The molecular formula is C24H30Br2N2O2. The Kier molecular flexibility index (Phi) is 12.7. The van der Waals surface area contributed by atoms with E-state index in [1.165, 1.54) is 22.3 Å². The number of benzene rings is 1. The van der Waals surface area contributed by atoms with Crippen molar-refractivity contribution in [2.24, 2.45) is 0 Å². The summed E-state index contributed by atoms with van der Waals surface area (Å²) < 4.78 is 4.36. The predicted molar refractivity (Wildman–Crippen MR) is 109 cm³/mol. The minimum Gasteiger partial charge on any atom is -1.00 e. The fourth-order valence-corrected chi connectivity index (χ4v) is 3.26. The Labute approximate surface area is 200 Å². The number of halogens is 2. The molecule has 0 unspecified atom stereocenters. The minimum atomic E-state index is 0. The highest BCUT2D eigenvalue weighted by Crippen LogP contribution is 2.06. The Balaban J connectivity index is 0.00000225. The van der Waals surface area contributed by atoms with Gasteiger partial charge in [0.25, 0.3) is 0 Å². The molecule has 4 nitrogen and oxygen atoms in total. The van der Waals surface area contributed by atoms with Gasteiger partial charge in [0.1, 0.15) is 0 Å². The summed E-state index contributed by atoms with van der Waals surface area (Å²) in [5.74, 6) is 0. The first kappa shape index (κ1) is 26.4. The first-order valence-electron chi connectivity index (χ1n) is 10.0. The van der Waals surface area contributed by atoms with Gasteiger partial charge in [-0.2, -0.15) is 0 Å². The lowest BCUT2D eigenvalue weighted by Gasteiger charge is -2.03. The van der Waals surface area contributed by atoms with E-state index in [1.807, 2.05) is 0 Å². The van der Waals surface area contributed by atoms with Gasteiger partial charge in [-0.15, -0.1) is 0 Å². The molecule has 0 aliphatic heterocycles. The molecule has 0 saturated heterocycles. The second-order valence-corrected chi connectivity index (χ2v) is 7.23. The van der Waals surface area contributed by atoms with Gasteiger partial charge in [0.2, 0.25) is 0 Å². The number of hydrogen-bond acceptors (Lipinski definition) is 2. The Morgan fingerprint density at radius 1 is 0.500 bits per heavy atom. The lowest BCUT2D eigenvalue weighted by molar-refractivity contribution is -0.689. The Morgan fingerprint density at radius 2 is 0.833 bits per heavy atom. The van der Waals surface area contributed by atoms with Gasteiger partial charge in [0.15, 0.2) is 37.9 Å². The number of hydrogen-bond donors (Lipinski definition) is 2. The van der Waals surface area contributed by atoms with E-state index in [4.69, 9.17) is 10.2 Å². The van der Waals surface area contributed by atoms with E-state index in [1.54, 1.807) is 0 Å². The van der Waals surface area contributed by atoms with Crippen LogP contribution in [0.25, 0.3) is 0 Å². The largest absolute Gasteiger partial charge is 1.00 e. The summed E-state index contributed by atoms with van der Waals surface area (Å²) in [6.07, 6.45) is 11.9. The topological polar surface area (TPSA) is 48.2 Å². The van der Waals surface area contributed by atoms with Crippen LogP contribution in [0.5, 0.6) is 0 Å². The SMILES string of the molecule is OCCCc1cc[n+](Cc2ccc(C[n+]3ccc(CCCO)cc3)cc2)cc1.[Br-].[Br-]. The van der Waals surface area contributed by atoms with E-state index < -0.39 is 0 Å². The molecule has 0 atom stereocenters. The van der Waals surface area contributed by atoms with Crippen molar-refractivity contribution in [1.29, 1.82) is 0 Å². The maximum atomic E-state index is 8.92. The molecule has 0 fully saturated rings. The molecule has 0 aliphatic carbocycles. The summed E-state index contributed by atoms with van der Waals surface area (Å²) in [7, 11) is 0. The second-order valence-electron chi connectivity index (χ2n) is 7.23. The summed E-state index contributed by atoms with van der Waals surface area (Å²) in [5, 5.41) is 17.8. The monoisotopic (exact) mass is 536 g/mol. The molecular weight excluding hydrogens is 508 g/mol. The molecule has 162 valence electrons. The van der Waals surface area contributed by atoms with Crippen molar-refractivity contribution in [1.82, 2.24) is 0 Å². The van der Waals surface area contributed by atoms with E-state index in [0.717, 1.165) is 38.8 Å². The van der Waals surface area contributed by atoms with E-state index in [0.29, 0.717) is 0 Å². The lowest BCUT2D eigenvalue weighted by Crippen LogP contribution is -3.00. The minimum absolute atomic E-state index is 0. The van der Waals surface area contributed by atoms with E-state index >= 15 is 0 Å². The highest BCUT2D eigenvalue weighted by atomic mass is 79.9. The summed E-state index contributed by atoms with van der Waals surface area (Å²) >= 11 is 0. The molecule has 1 aromatic carbocycles. The van der Waals surface area contributed by atoms with Gasteiger partial charge in [0, 0.05) is 48.6 Å². The molecule has 0 radical (unpaired) electrons. The molecule has 6 heteroatoms. The van der Waals surface area contributed by atoms with Gasteiger partial charge in [-0.05, 0) is 36.8 Å². The van der Waals surface area contributed by atoms with Crippen LogP contribution in [0.2, 0.25) is 0 Å². The molecule has 0 saturated carbocycles. The van der Waals surface area contributed by atoms with Crippen LogP contribution in [0.1, 0.15) is 35.1 Å². The van der Waals surface area contributed by atoms with Crippen molar-refractivity contribution >= 4 is 0 Å². The fourth-order valence-electron chi connectivity index (χ4n) is 3.26. The molecule has 2 heterocycles. The third kappa shape index (κ3) is 8.64. The normalized spacial score (nSPS) is 10.2. The average molecular weight is 538 g/mol. The van der Waals surface area contributed by atoms with Crippen LogP contribution >= 0.6 is 0 Å². The standard InChI is InChI=1S/C24H30N2O2.2BrH/c27-17-1-3-21-9-13-25(14-10-21)19-23-5-7-24(8-6-23)20-26-15-11-22(12-16-26)4-2-18-28;;/h5-16,27-28H,1-4,17-20H2;2*1H/q+2;;/p-2. The molecule has 3 aromatic rings. The average Bonchev–Trinajstić information content (AvgIpc) is 2.74. The molecule has 0 aliphatic rings. The number of aliphatic hydroxyl groups excluding tert-OH is 2. The van der Waals surface area contributed by atoms with E-state index in [2.05, 4.69) is 82.5 Å². The van der Waals surface area contributed by atoms with Crippen molar-refractivity contribution in [3.8, 4) is 0 Å². The summed E-state index contributed by atoms with van der Waals surface area (Å²) in [4.78, 5) is 0. The van der Waals surface area contributed by atoms with Crippen LogP contribution < -0.4 is 43.1 Å². The molecule has 3 rings (SSSR count). The highest BCUT2D eigenvalue weighted by molar-refractivity contribution is 5.21. The van der Waals surface area contributed by atoms with Crippen LogP contribution in [-0.2, 0) is 25.9 Å². The van der Waals surface area contributed by atoms with Gasteiger partial charge < -0.3 is 44.2 Å². The first-order chi connectivity index (χ1) is 13.8. The Hall–Kier alpha value is -1.60. The molecule has 0 amide bonds. The second kappa shape index (κ2) is 14.4. The molecule has 0 bridgehead atoms. The quantitative estimate of drug-likeness (QED) is 0.261. The lowest BCUT2D eigenvalue weighted by atomic mass is 10.1. The van der Waals surface area contributed by atoms with Crippen LogP contribution in [0.4, 0.5) is 0 Å². The van der Waals surface area contributed by atoms with Crippen LogP contribution in [0.3, 0.4) is 0 Å². The number of nitrogens with zero attached hydrogens (tertiary/aromatic N) is 2. The number of aryl methyl sites for hydroxylation is 2. The molecule has 30 heavy (non-hydrogen) atoms. The van der Waals surface area contributed by atoms with E-state index in [-0.39, 0.29) is 47.2 Å². The van der Waals surface area contributed by atoms with Crippen molar-refractivity contribution in [3.63, 3.8) is 0 Å². The zero-order chi connectivity index (χ0) is 19.6. The van der Waals surface area contributed by atoms with Crippen LogP contribution in [-0.4, -0.2) is 23.4 Å². The summed E-state index contributed by atoms with van der Waals surface area (Å²) in [6.45, 7) is 2.20. The summed E-state index contributed by atoms with van der Waals surface area (Å²) in [6, 6.07) is 17.3. The van der Waals surface area contributed by atoms with Gasteiger partial charge in [-0.3, -0.25) is 0 Å². The molecule has 0 spiro atoms. The Bertz CT molecular complexity index is 766. The number of aliphatic hydroxyl groups is 2. The van der Waals surface area contributed by atoms with Crippen molar-refractivity contribution in [2.45, 2.75) is 38.8 Å².